The van der Waals surface area contributed by atoms with Crippen molar-refractivity contribution in [2.45, 2.75) is 101 Å². The summed E-state index contributed by atoms with van der Waals surface area (Å²) in [4.78, 5) is 34.8. The van der Waals surface area contributed by atoms with Crippen LogP contribution in [0, 0.1) is 17.8 Å². The number of unbranched alkanes of at least 4 members (excludes halogenated alkanes) is 2. The Morgan fingerprint density at radius 3 is 2.56 bits per heavy atom. The molecule has 3 N–H and O–H groups in total. The zero-order valence-electron chi connectivity index (χ0n) is 34.3. The van der Waals surface area contributed by atoms with E-state index in [1.54, 1.807) is 36.2 Å². The van der Waals surface area contributed by atoms with Gasteiger partial charge in [0, 0.05) is 51.1 Å². The molecule has 0 aromatic heterocycles. The third-order valence-corrected chi connectivity index (χ3v) is 11.9. The Hall–Kier alpha value is -4.69. The van der Waals surface area contributed by atoms with E-state index in [4.69, 9.17) is 33.7 Å². The lowest BCUT2D eigenvalue weighted by Gasteiger charge is -2.59. The Labute approximate surface area is 348 Å². The van der Waals surface area contributed by atoms with Crippen molar-refractivity contribution in [3.8, 4) is 11.5 Å². The predicted molar refractivity (Wildman–Crippen MR) is 223 cm³/mol. The van der Waals surface area contributed by atoms with Crippen LogP contribution in [0.5, 0.6) is 11.5 Å². The molecule has 2 fully saturated rings. The van der Waals surface area contributed by atoms with Crippen molar-refractivity contribution in [2.75, 3.05) is 40.1 Å². The molecule has 6 rings (SSSR count). The van der Waals surface area contributed by atoms with Crippen LogP contribution in [0.2, 0.25) is 0 Å². The lowest BCUT2D eigenvalue weighted by Crippen LogP contribution is -2.69. The van der Waals surface area contributed by atoms with Gasteiger partial charge in [-0.2, -0.15) is 0 Å². The summed E-state index contributed by atoms with van der Waals surface area (Å²) in [5.41, 5.74) is 3.32. The lowest BCUT2D eigenvalue weighted by molar-refractivity contribution is -0.254. The van der Waals surface area contributed by atoms with Crippen molar-refractivity contribution in [3.05, 3.63) is 96.6 Å². The normalized spacial score (nSPS) is 26.3. The van der Waals surface area contributed by atoms with Crippen LogP contribution in [-0.4, -0.2) is 91.2 Å². The monoisotopic (exact) mass is 815 g/mol. The van der Waals surface area contributed by atoms with Crippen LogP contribution in [-0.2, 0) is 25.6 Å². The molecule has 2 aliphatic heterocycles. The Bertz CT molecular complexity index is 1780. The first-order chi connectivity index (χ1) is 28.8. The third kappa shape index (κ3) is 10.6. The van der Waals surface area contributed by atoms with E-state index in [1.807, 2.05) is 36.4 Å². The number of nitrogens with one attached hydrogen (secondary N) is 1. The van der Waals surface area contributed by atoms with Gasteiger partial charge in [0.1, 0.15) is 17.5 Å². The van der Waals surface area contributed by atoms with Crippen LogP contribution < -0.4 is 14.8 Å². The van der Waals surface area contributed by atoms with E-state index in [9.17, 15) is 19.8 Å². The standard InChI is InChI=1S/C46H61N3O10/c1-4-6-26-55-45(53)49(3)40-30-38(48-59-41-20-12-15-27-54-41)36-28-33(18-10-13-23-50)35(19-11-14-24-51)42-37-29-34(57-44(52)47-31-32-16-8-7-9-17-32)21-22-39(37)58-46(40,43(36)42)56-25-5-2/h4-5,7-9,16-17,21-22,28-29,33,35,40-43,50-51H,1-2,6,10-15,18-20,23-27,30-31H2,3H3,(H,47,52). The van der Waals surface area contributed by atoms with Crippen LogP contribution in [0.15, 0.2) is 90.6 Å². The minimum atomic E-state index is -1.44. The Morgan fingerprint density at radius 2 is 1.83 bits per heavy atom. The molecule has 2 aromatic rings. The molecule has 2 aromatic carbocycles. The highest BCUT2D eigenvalue weighted by atomic mass is 16.8. The highest BCUT2D eigenvalue weighted by molar-refractivity contribution is 6.03. The highest BCUT2D eigenvalue weighted by Gasteiger charge is 2.65. The zero-order valence-corrected chi connectivity index (χ0v) is 34.3. The molecular weight excluding hydrogens is 755 g/mol. The number of nitrogens with zero attached hydrogens (tertiary/aromatic N) is 2. The number of oxime groups is 1. The molecule has 7 atom stereocenters. The molecular formula is C46H61N3O10. The fourth-order valence-electron chi connectivity index (χ4n) is 9.08. The van der Waals surface area contributed by atoms with Gasteiger partial charge in [-0.25, -0.2) is 9.59 Å². The topological polar surface area (TPSA) is 158 Å². The van der Waals surface area contributed by atoms with Crippen LogP contribution in [0.4, 0.5) is 9.59 Å². The number of aliphatic hydroxyl groups excluding tert-OH is 2. The number of aliphatic hydroxyl groups is 2. The summed E-state index contributed by atoms with van der Waals surface area (Å²) in [6, 6.07) is 14.3. The van der Waals surface area contributed by atoms with Gasteiger partial charge in [-0.3, -0.25) is 0 Å². The summed E-state index contributed by atoms with van der Waals surface area (Å²) < 4.78 is 31.6. The van der Waals surface area contributed by atoms with Gasteiger partial charge in [0.2, 0.25) is 12.1 Å². The summed E-state index contributed by atoms with van der Waals surface area (Å²) >= 11 is 0. The molecule has 320 valence electrons. The Balaban J connectivity index is 1.49. The van der Waals surface area contributed by atoms with Crippen molar-refractivity contribution in [2.24, 2.45) is 22.9 Å². The number of likely N-dealkylation sites (N-methyl/N-ethyl adjacent to an activating group) is 1. The molecule has 1 saturated carbocycles. The maximum absolute atomic E-state index is 13.9. The van der Waals surface area contributed by atoms with Gasteiger partial charge < -0.3 is 49.0 Å². The summed E-state index contributed by atoms with van der Waals surface area (Å²) in [5.74, 6) is -1.33. The molecule has 2 amide bonds. The maximum Gasteiger partial charge on any atom is 0.412 e. The van der Waals surface area contributed by atoms with E-state index < -0.39 is 36.2 Å². The number of hydrogen-bond acceptors (Lipinski definition) is 11. The van der Waals surface area contributed by atoms with Crippen molar-refractivity contribution in [1.29, 1.82) is 0 Å². The number of ether oxygens (including phenoxy) is 5. The van der Waals surface area contributed by atoms with Gasteiger partial charge in [0.25, 0.3) is 0 Å². The fourth-order valence-corrected chi connectivity index (χ4v) is 9.08. The smallest absolute Gasteiger partial charge is 0.412 e. The average molecular weight is 816 g/mol. The molecule has 4 aliphatic rings. The van der Waals surface area contributed by atoms with Crippen LogP contribution in [0.3, 0.4) is 0 Å². The number of amides is 2. The number of allylic oxidation sites excluding steroid dienone is 1. The SMILES string of the molecule is C=CCCOC(=O)N(C)C1CC(=NOC2CCCCO2)C2=CC(CCCCO)C(CCCCO)C3c4cc(OC(=O)NCc5ccccc5)ccc4OC1(OCC=C)C23. The van der Waals surface area contributed by atoms with E-state index in [2.05, 4.69) is 24.6 Å². The van der Waals surface area contributed by atoms with Gasteiger partial charge in [0.05, 0.1) is 31.5 Å². The largest absolute Gasteiger partial charge is 0.459 e. The minimum Gasteiger partial charge on any atom is -0.459 e. The zero-order chi connectivity index (χ0) is 41.6. The maximum atomic E-state index is 13.9. The molecule has 0 spiro atoms. The summed E-state index contributed by atoms with van der Waals surface area (Å²) in [5, 5.41) is 27.4. The van der Waals surface area contributed by atoms with E-state index in [-0.39, 0.29) is 50.6 Å². The first-order valence-corrected chi connectivity index (χ1v) is 21.2. The van der Waals surface area contributed by atoms with Gasteiger partial charge in [-0.1, -0.05) is 66.6 Å². The van der Waals surface area contributed by atoms with E-state index in [1.165, 1.54) is 0 Å². The molecule has 7 unspecified atom stereocenters. The number of hydrogen-bond donors (Lipinski definition) is 3. The first kappa shape index (κ1) is 43.9. The molecule has 2 heterocycles. The average Bonchev–Trinajstić information content (AvgIpc) is 3.26. The van der Waals surface area contributed by atoms with Crippen molar-refractivity contribution < 1.29 is 48.3 Å². The summed E-state index contributed by atoms with van der Waals surface area (Å²) in [7, 11) is 1.69. The lowest BCUT2D eigenvalue weighted by atomic mass is 9.55. The van der Waals surface area contributed by atoms with E-state index in [0.29, 0.717) is 56.0 Å². The van der Waals surface area contributed by atoms with Gasteiger partial charge in [0.15, 0.2) is 0 Å². The number of carbonyl (C=O) groups excluding carboxylic acids is 2. The molecule has 2 aliphatic carbocycles. The second kappa shape index (κ2) is 21.5. The van der Waals surface area contributed by atoms with Crippen molar-refractivity contribution in [1.82, 2.24) is 10.2 Å². The van der Waals surface area contributed by atoms with Crippen LogP contribution in [0.25, 0.3) is 0 Å². The minimum absolute atomic E-state index is 0.00190. The first-order valence-electron chi connectivity index (χ1n) is 21.2. The second-order valence-corrected chi connectivity index (χ2v) is 15.7. The summed E-state index contributed by atoms with van der Waals surface area (Å²) in [6.45, 7) is 9.07. The fraction of sp³-hybridized carbons (Fsp3) is 0.543. The molecule has 13 heteroatoms. The number of benzene rings is 2. The van der Waals surface area contributed by atoms with E-state index >= 15 is 0 Å². The third-order valence-electron chi connectivity index (χ3n) is 11.9. The van der Waals surface area contributed by atoms with Crippen LogP contribution >= 0.6 is 0 Å². The van der Waals surface area contributed by atoms with E-state index in [0.717, 1.165) is 55.2 Å². The highest BCUT2D eigenvalue weighted by Crippen LogP contribution is 2.61. The van der Waals surface area contributed by atoms with Crippen molar-refractivity contribution in [3.63, 3.8) is 0 Å². The van der Waals surface area contributed by atoms with Gasteiger partial charge in [-0.05, 0) is 86.1 Å². The van der Waals surface area contributed by atoms with Gasteiger partial charge in [-0.15, -0.1) is 13.2 Å². The molecule has 0 radical (unpaired) electrons. The predicted octanol–water partition coefficient (Wildman–Crippen LogP) is 7.78. The van der Waals surface area contributed by atoms with Crippen molar-refractivity contribution >= 4 is 17.9 Å². The Morgan fingerprint density at radius 1 is 1.03 bits per heavy atom. The number of carbonyl (C=O) groups is 2. The molecule has 13 nitrogen and oxygen atoms in total. The number of rotatable bonds is 20. The Kier molecular flexibility index (Phi) is 16.0. The van der Waals surface area contributed by atoms with Gasteiger partial charge >= 0.3 is 12.2 Å². The molecule has 59 heavy (non-hydrogen) atoms. The molecule has 0 bridgehead atoms. The second-order valence-electron chi connectivity index (χ2n) is 15.7. The summed E-state index contributed by atoms with van der Waals surface area (Å²) in [6.07, 6.45) is 11.8. The van der Waals surface area contributed by atoms with Crippen LogP contribution in [0.1, 0.15) is 87.7 Å². The molecule has 1 saturated heterocycles. The quantitative estimate of drug-likeness (QED) is 0.0685. The number of fused-ring (bicyclic) bond motifs is 2.